The highest BCUT2D eigenvalue weighted by Gasteiger charge is 2.28. The molecular formula is C9H17N5O. The van der Waals surface area contributed by atoms with E-state index in [1.54, 1.807) is 7.05 Å². The van der Waals surface area contributed by atoms with Crippen molar-refractivity contribution in [2.75, 3.05) is 5.32 Å². The van der Waals surface area contributed by atoms with Gasteiger partial charge in [0.1, 0.15) is 6.33 Å². The lowest BCUT2D eigenvalue weighted by atomic mass is 9.87. The molecule has 0 saturated carbocycles. The van der Waals surface area contributed by atoms with Gasteiger partial charge in [0.2, 0.25) is 11.9 Å². The first-order chi connectivity index (χ1) is 6.82. The molecule has 3 N–H and O–H groups in total. The molecule has 1 atom stereocenters. The van der Waals surface area contributed by atoms with Crippen LogP contribution in [-0.4, -0.2) is 26.7 Å². The van der Waals surface area contributed by atoms with E-state index in [9.17, 15) is 4.79 Å². The van der Waals surface area contributed by atoms with Crippen molar-refractivity contribution in [2.24, 2.45) is 18.2 Å². The van der Waals surface area contributed by atoms with Crippen LogP contribution in [0.1, 0.15) is 20.8 Å². The van der Waals surface area contributed by atoms with Crippen molar-refractivity contribution in [1.29, 1.82) is 0 Å². The Labute approximate surface area is 88.9 Å². The van der Waals surface area contributed by atoms with Gasteiger partial charge in [0.05, 0.1) is 6.04 Å². The van der Waals surface area contributed by atoms with Gasteiger partial charge in [0, 0.05) is 7.05 Å². The Balaban J connectivity index is 2.69. The SMILES string of the molecule is Cn1ncnc1NC(=O)[C@@H](N)C(C)(C)C. The molecule has 15 heavy (non-hydrogen) atoms. The van der Waals surface area contributed by atoms with Crippen molar-refractivity contribution < 1.29 is 4.79 Å². The third kappa shape index (κ3) is 2.76. The summed E-state index contributed by atoms with van der Waals surface area (Å²) in [4.78, 5) is 15.6. The molecule has 0 aliphatic carbocycles. The molecule has 0 aliphatic heterocycles. The summed E-state index contributed by atoms with van der Waals surface area (Å²) in [6.45, 7) is 5.73. The molecule has 0 unspecified atom stereocenters. The fourth-order valence-corrected chi connectivity index (χ4v) is 0.991. The van der Waals surface area contributed by atoms with Gasteiger partial charge in [0.25, 0.3) is 0 Å². The summed E-state index contributed by atoms with van der Waals surface area (Å²) in [5.74, 6) is 0.151. The van der Waals surface area contributed by atoms with Gasteiger partial charge in [-0.05, 0) is 5.41 Å². The predicted molar refractivity (Wildman–Crippen MR) is 57.1 cm³/mol. The van der Waals surface area contributed by atoms with Crippen LogP contribution in [0, 0.1) is 5.41 Å². The number of rotatable bonds is 2. The second-order valence-corrected chi connectivity index (χ2v) is 4.54. The molecule has 0 aliphatic rings. The Morgan fingerprint density at radius 3 is 2.60 bits per heavy atom. The van der Waals surface area contributed by atoms with E-state index < -0.39 is 6.04 Å². The average molecular weight is 211 g/mol. The zero-order valence-electron chi connectivity index (χ0n) is 9.48. The number of amides is 1. The summed E-state index contributed by atoms with van der Waals surface area (Å²) in [6, 6.07) is -0.575. The van der Waals surface area contributed by atoms with E-state index in [4.69, 9.17) is 5.73 Å². The van der Waals surface area contributed by atoms with Crippen molar-refractivity contribution >= 4 is 11.9 Å². The molecule has 1 rings (SSSR count). The number of aryl methyl sites for hydroxylation is 1. The van der Waals surface area contributed by atoms with Crippen LogP contribution in [0.3, 0.4) is 0 Å². The van der Waals surface area contributed by atoms with Gasteiger partial charge in [-0.1, -0.05) is 20.8 Å². The molecule has 0 fully saturated rings. The molecular weight excluding hydrogens is 194 g/mol. The highest BCUT2D eigenvalue weighted by atomic mass is 16.2. The number of aromatic nitrogens is 3. The summed E-state index contributed by atoms with van der Waals surface area (Å²) >= 11 is 0. The Kier molecular flexibility index (Phi) is 3.09. The molecule has 0 radical (unpaired) electrons. The molecule has 1 aromatic heterocycles. The van der Waals surface area contributed by atoms with E-state index in [2.05, 4.69) is 15.4 Å². The number of hydrogen-bond donors (Lipinski definition) is 2. The van der Waals surface area contributed by atoms with E-state index in [1.165, 1.54) is 11.0 Å². The standard InChI is InChI=1S/C9H17N5O/c1-9(2,3)6(10)7(15)13-8-11-5-12-14(8)4/h5-6H,10H2,1-4H3,(H,11,12,13,15)/t6-/m1/s1. The van der Waals surface area contributed by atoms with E-state index in [0.717, 1.165) is 0 Å². The topological polar surface area (TPSA) is 85.8 Å². The van der Waals surface area contributed by atoms with Crippen LogP contribution in [0.25, 0.3) is 0 Å². The third-order valence-electron chi connectivity index (χ3n) is 2.16. The van der Waals surface area contributed by atoms with Gasteiger partial charge in [-0.25, -0.2) is 4.68 Å². The Hall–Kier alpha value is -1.43. The van der Waals surface area contributed by atoms with Gasteiger partial charge in [-0.2, -0.15) is 10.1 Å². The monoisotopic (exact) mass is 211 g/mol. The minimum Gasteiger partial charge on any atom is -0.319 e. The molecule has 0 bridgehead atoms. The number of anilines is 1. The Bertz CT molecular complexity index is 352. The second-order valence-electron chi connectivity index (χ2n) is 4.54. The molecule has 0 saturated heterocycles. The number of nitrogens with zero attached hydrogens (tertiary/aromatic N) is 3. The fourth-order valence-electron chi connectivity index (χ4n) is 0.991. The number of carbonyl (C=O) groups is 1. The summed E-state index contributed by atoms with van der Waals surface area (Å²) in [5.41, 5.74) is 5.52. The Morgan fingerprint density at radius 1 is 1.60 bits per heavy atom. The second kappa shape index (κ2) is 3.98. The lowest BCUT2D eigenvalue weighted by Gasteiger charge is -2.25. The zero-order valence-corrected chi connectivity index (χ0v) is 9.48. The van der Waals surface area contributed by atoms with Crippen molar-refractivity contribution in [2.45, 2.75) is 26.8 Å². The first-order valence-corrected chi connectivity index (χ1v) is 4.73. The van der Waals surface area contributed by atoms with Crippen molar-refractivity contribution in [3.63, 3.8) is 0 Å². The maximum Gasteiger partial charge on any atom is 0.244 e. The van der Waals surface area contributed by atoms with Crippen molar-refractivity contribution in [1.82, 2.24) is 14.8 Å². The summed E-state index contributed by atoms with van der Waals surface area (Å²) in [6.07, 6.45) is 1.37. The molecule has 1 aromatic rings. The fraction of sp³-hybridized carbons (Fsp3) is 0.667. The molecule has 1 heterocycles. The first kappa shape index (κ1) is 11.6. The smallest absolute Gasteiger partial charge is 0.244 e. The number of nitrogens with one attached hydrogen (secondary N) is 1. The maximum atomic E-state index is 11.7. The van der Waals surface area contributed by atoms with Crippen LogP contribution in [0.5, 0.6) is 0 Å². The van der Waals surface area contributed by atoms with Gasteiger partial charge in [-0.3, -0.25) is 10.1 Å². The van der Waals surface area contributed by atoms with Crippen LogP contribution in [-0.2, 0) is 11.8 Å². The van der Waals surface area contributed by atoms with E-state index in [0.29, 0.717) is 5.95 Å². The summed E-state index contributed by atoms with van der Waals surface area (Å²) in [7, 11) is 1.70. The van der Waals surface area contributed by atoms with Gasteiger partial charge in [-0.15, -0.1) is 0 Å². The molecule has 0 aromatic carbocycles. The molecule has 84 valence electrons. The predicted octanol–water partition coefficient (Wildman–Crippen LogP) is 0.127. The molecule has 0 spiro atoms. The number of nitrogens with two attached hydrogens (primary N) is 1. The highest BCUT2D eigenvalue weighted by Crippen LogP contribution is 2.18. The van der Waals surface area contributed by atoms with Gasteiger partial charge >= 0.3 is 0 Å². The quantitative estimate of drug-likeness (QED) is 0.728. The zero-order chi connectivity index (χ0) is 11.6. The third-order valence-corrected chi connectivity index (χ3v) is 2.16. The van der Waals surface area contributed by atoms with Crippen molar-refractivity contribution in [3.05, 3.63) is 6.33 Å². The highest BCUT2D eigenvalue weighted by molar-refractivity contribution is 5.93. The number of carbonyl (C=O) groups excluding carboxylic acids is 1. The summed E-state index contributed by atoms with van der Waals surface area (Å²) in [5, 5.41) is 6.46. The first-order valence-electron chi connectivity index (χ1n) is 4.73. The average Bonchev–Trinajstić information content (AvgIpc) is 2.49. The van der Waals surface area contributed by atoms with Crippen LogP contribution in [0.15, 0.2) is 6.33 Å². The summed E-state index contributed by atoms with van der Waals surface area (Å²) < 4.78 is 1.48. The van der Waals surface area contributed by atoms with E-state index >= 15 is 0 Å². The molecule has 6 heteroatoms. The van der Waals surface area contributed by atoms with Crippen LogP contribution in [0.4, 0.5) is 5.95 Å². The van der Waals surface area contributed by atoms with Gasteiger partial charge < -0.3 is 5.73 Å². The lowest BCUT2D eigenvalue weighted by Crippen LogP contribution is -2.45. The number of hydrogen-bond acceptors (Lipinski definition) is 4. The minimum atomic E-state index is -0.575. The largest absolute Gasteiger partial charge is 0.319 e. The minimum absolute atomic E-state index is 0.251. The van der Waals surface area contributed by atoms with Crippen LogP contribution in [0.2, 0.25) is 0 Å². The van der Waals surface area contributed by atoms with E-state index in [1.807, 2.05) is 20.8 Å². The normalized spacial score (nSPS) is 13.7. The molecule has 6 nitrogen and oxygen atoms in total. The van der Waals surface area contributed by atoms with Crippen LogP contribution >= 0.6 is 0 Å². The maximum absolute atomic E-state index is 11.7. The lowest BCUT2D eigenvalue weighted by molar-refractivity contribution is -0.119. The van der Waals surface area contributed by atoms with Gasteiger partial charge in [0.15, 0.2) is 0 Å². The van der Waals surface area contributed by atoms with Crippen LogP contribution < -0.4 is 11.1 Å². The van der Waals surface area contributed by atoms with E-state index in [-0.39, 0.29) is 11.3 Å². The van der Waals surface area contributed by atoms with Crippen molar-refractivity contribution in [3.8, 4) is 0 Å². The molecule has 1 amide bonds. The Morgan fingerprint density at radius 2 is 2.20 bits per heavy atom.